The van der Waals surface area contributed by atoms with E-state index in [9.17, 15) is 4.79 Å². The second-order valence-electron chi connectivity index (χ2n) is 6.45. The van der Waals surface area contributed by atoms with Gasteiger partial charge in [-0.3, -0.25) is 4.79 Å². The summed E-state index contributed by atoms with van der Waals surface area (Å²) in [6.45, 7) is 0. The molecule has 0 unspecified atom stereocenters. The predicted octanol–water partition coefficient (Wildman–Crippen LogP) is 6.44. The van der Waals surface area contributed by atoms with E-state index in [1.54, 1.807) is 50.6 Å². The first-order valence-corrected chi connectivity index (χ1v) is 9.78. The normalized spacial score (nSPS) is 11.6. The molecule has 0 aliphatic heterocycles. The summed E-state index contributed by atoms with van der Waals surface area (Å²) in [6, 6.07) is 19.6. The molecule has 0 saturated heterocycles. The molecule has 0 bridgehead atoms. The molecule has 0 fully saturated rings. The van der Waals surface area contributed by atoms with E-state index in [4.69, 9.17) is 32.7 Å². The zero-order valence-corrected chi connectivity index (χ0v) is 17.6. The van der Waals surface area contributed by atoms with Crippen molar-refractivity contribution in [3.63, 3.8) is 0 Å². The number of halogens is 2. The Morgan fingerprint density at radius 1 is 0.862 bits per heavy atom. The molecule has 4 nitrogen and oxygen atoms in total. The van der Waals surface area contributed by atoms with Crippen molar-refractivity contribution >= 4 is 34.7 Å². The van der Waals surface area contributed by atoms with Crippen LogP contribution in [0.1, 0.15) is 28.4 Å². The first-order chi connectivity index (χ1) is 14.0. The van der Waals surface area contributed by atoms with Crippen molar-refractivity contribution in [1.29, 1.82) is 0 Å². The average molecular weight is 430 g/mol. The molecule has 0 heterocycles. The lowest BCUT2D eigenvalue weighted by molar-refractivity contribution is 0.0976. The van der Waals surface area contributed by atoms with Crippen LogP contribution >= 0.6 is 23.2 Å². The van der Waals surface area contributed by atoms with E-state index in [-0.39, 0.29) is 18.2 Å². The summed E-state index contributed by atoms with van der Waals surface area (Å²) in [7, 11) is 3.17. The SMILES string of the molecule is COc1ccc([C@@H](CC(=O)c2ccc(Cl)cc2)Nc2ccc(Cl)cc2)cc1OC. The average Bonchev–Trinajstić information content (AvgIpc) is 2.74. The highest BCUT2D eigenvalue weighted by Crippen LogP contribution is 2.33. The Morgan fingerprint density at radius 2 is 1.45 bits per heavy atom. The lowest BCUT2D eigenvalue weighted by Gasteiger charge is -2.21. The molecule has 3 aromatic rings. The number of ketones is 1. The van der Waals surface area contributed by atoms with Gasteiger partial charge in [-0.1, -0.05) is 29.3 Å². The zero-order chi connectivity index (χ0) is 20.8. The third-order valence-corrected chi connectivity index (χ3v) is 5.05. The molecule has 3 rings (SSSR count). The summed E-state index contributed by atoms with van der Waals surface area (Å²) < 4.78 is 10.8. The largest absolute Gasteiger partial charge is 0.493 e. The van der Waals surface area contributed by atoms with Crippen LogP contribution in [0.25, 0.3) is 0 Å². The lowest BCUT2D eigenvalue weighted by atomic mass is 9.97. The molecule has 6 heteroatoms. The van der Waals surface area contributed by atoms with Crippen LogP contribution in [0.4, 0.5) is 5.69 Å². The van der Waals surface area contributed by atoms with Crippen LogP contribution in [0.15, 0.2) is 66.7 Å². The van der Waals surface area contributed by atoms with Crippen LogP contribution in [0.2, 0.25) is 10.0 Å². The second kappa shape index (κ2) is 9.68. The molecule has 0 aromatic heterocycles. The molecule has 29 heavy (non-hydrogen) atoms. The number of carbonyl (C=O) groups is 1. The van der Waals surface area contributed by atoms with E-state index >= 15 is 0 Å². The standard InChI is InChI=1S/C23H21Cl2NO3/c1-28-22-12-5-16(13-23(22)29-2)20(26-19-10-8-18(25)9-11-19)14-21(27)15-3-6-17(24)7-4-15/h3-13,20,26H,14H2,1-2H3/t20-/m1/s1. The number of methoxy groups -OCH3 is 2. The molecule has 0 aliphatic carbocycles. The molecule has 3 aromatic carbocycles. The van der Waals surface area contributed by atoms with E-state index in [0.29, 0.717) is 27.1 Å². The number of ether oxygens (including phenoxy) is 2. The number of nitrogens with one attached hydrogen (secondary N) is 1. The maximum absolute atomic E-state index is 12.9. The van der Waals surface area contributed by atoms with E-state index in [2.05, 4.69) is 5.32 Å². The zero-order valence-electron chi connectivity index (χ0n) is 16.1. The van der Waals surface area contributed by atoms with Crippen molar-refractivity contribution in [2.75, 3.05) is 19.5 Å². The second-order valence-corrected chi connectivity index (χ2v) is 7.33. The Morgan fingerprint density at radius 3 is 2.03 bits per heavy atom. The topological polar surface area (TPSA) is 47.6 Å². The molecule has 0 saturated carbocycles. The minimum Gasteiger partial charge on any atom is -0.493 e. The van der Waals surface area contributed by atoms with Gasteiger partial charge in [0.1, 0.15) is 0 Å². The van der Waals surface area contributed by atoms with Gasteiger partial charge in [0, 0.05) is 27.7 Å². The number of benzene rings is 3. The minimum atomic E-state index is -0.279. The fraction of sp³-hybridized carbons (Fsp3) is 0.174. The van der Waals surface area contributed by atoms with Gasteiger partial charge in [0.15, 0.2) is 17.3 Å². The summed E-state index contributed by atoms with van der Waals surface area (Å²) >= 11 is 11.9. The van der Waals surface area contributed by atoms with Crippen molar-refractivity contribution in [2.45, 2.75) is 12.5 Å². The van der Waals surface area contributed by atoms with E-state index in [0.717, 1.165) is 11.3 Å². The van der Waals surface area contributed by atoms with E-state index < -0.39 is 0 Å². The monoisotopic (exact) mass is 429 g/mol. The van der Waals surface area contributed by atoms with Crippen molar-refractivity contribution in [1.82, 2.24) is 0 Å². The fourth-order valence-corrected chi connectivity index (χ4v) is 3.26. The number of hydrogen-bond donors (Lipinski definition) is 1. The highest BCUT2D eigenvalue weighted by molar-refractivity contribution is 6.31. The van der Waals surface area contributed by atoms with Gasteiger partial charge in [0.25, 0.3) is 0 Å². The number of Topliss-reactive ketones (excluding diaryl/α,β-unsaturated/α-hetero) is 1. The molecular weight excluding hydrogens is 409 g/mol. The number of carbonyl (C=O) groups excluding carboxylic acids is 1. The Kier molecular flexibility index (Phi) is 7.02. The maximum Gasteiger partial charge on any atom is 0.165 e. The van der Waals surface area contributed by atoms with Gasteiger partial charge in [0.2, 0.25) is 0 Å². The molecule has 0 radical (unpaired) electrons. The Labute approximate surface area is 180 Å². The maximum atomic E-state index is 12.9. The quantitative estimate of drug-likeness (QED) is 0.418. The molecule has 0 spiro atoms. The molecule has 0 amide bonds. The number of rotatable bonds is 8. The Balaban J connectivity index is 1.91. The summed E-state index contributed by atoms with van der Waals surface area (Å²) in [5.74, 6) is 1.24. The summed E-state index contributed by atoms with van der Waals surface area (Å²) in [5, 5.41) is 4.66. The van der Waals surface area contributed by atoms with Crippen LogP contribution in [0.5, 0.6) is 11.5 Å². The molecule has 1 atom stereocenters. The third kappa shape index (κ3) is 5.43. The van der Waals surface area contributed by atoms with Crippen molar-refractivity contribution in [2.24, 2.45) is 0 Å². The van der Waals surface area contributed by atoms with Gasteiger partial charge in [-0.15, -0.1) is 0 Å². The molecular formula is C23H21Cl2NO3. The van der Waals surface area contributed by atoms with Crippen molar-refractivity contribution in [3.8, 4) is 11.5 Å². The number of hydrogen-bond acceptors (Lipinski definition) is 4. The highest BCUT2D eigenvalue weighted by atomic mass is 35.5. The summed E-state index contributed by atoms with van der Waals surface area (Å²) in [4.78, 5) is 12.9. The van der Waals surface area contributed by atoms with Gasteiger partial charge < -0.3 is 14.8 Å². The van der Waals surface area contributed by atoms with Crippen molar-refractivity contribution in [3.05, 3.63) is 87.9 Å². The number of anilines is 1. The van der Waals surface area contributed by atoms with E-state index in [1.165, 1.54) is 0 Å². The molecule has 150 valence electrons. The van der Waals surface area contributed by atoms with E-state index in [1.807, 2.05) is 30.3 Å². The Bertz CT molecular complexity index is 972. The van der Waals surface area contributed by atoms with Gasteiger partial charge >= 0.3 is 0 Å². The Hall–Kier alpha value is -2.69. The van der Waals surface area contributed by atoms with Crippen molar-refractivity contribution < 1.29 is 14.3 Å². The molecule has 0 aliphatic rings. The van der Waals surface area contributed by atoms with Gasteiger partial charge in [-0.2, -0.15) is 0 Å². The smallest absolute Gasteiger partial charge is 0.165 e. The molecule has 1 N–H and O–H groups in total. The summed E-state index contributed by atoms with van der Waals surface area (Å²) in [6.07, 6.45) is 0.250. The first kappa shape index (κ1) is 21.0. The predicted molar refractivity (Wildman–Crippen MR) is 118 cm³/mol. The third-order valence-electron chi connectivity index (χ3n) is 4.55. The van der Waals surface area contributed by atoms with Gasteiger partial charge in [0.05, 0.1) is 20.3 Å². The van der Waals surface area contributed by atoms with Crippen LogP contribution in [0, 0.1) is 0 Å². The van der Waals surface area contributed by atoms with Crippen LogP contribution < -0.4 is 14.8 Å². The van der Waals surface area contributed by atoms with Gasteiger partial charge in [-0.25, -0.2) is 0 Å². The highest BCUT2D eigenvalue weighted by Gasteiger charge is 2.19. The fourth-order valence-electron chi connectivity index (χ4n) is 3.01. The summed E-state index contributed by atoms with van der Waals surface area (Å²) in [5.41, 5.74) is 2.37. The van der Waals surface area contributed by atoms with Gasteiger partial charge in [-0.05, 0) is 66.2 Å². The lowest BCUT2D eigenvalue weighted by Crippen LogP contribution is -2.16. The van der Waals surface area contributed by atoms with Crippen LogP contribution in [-0.2, 0) is 0 Å². The first-order valence-electron chi connectivity index (χ1n) is 9.03. The van der Waals surface area contributed by atoms with Crippen LogP contribution in [0.3, 0.4) is 0 Å². The van der Waals surface area contributed by atoms with Crippen LogP contribution in [-0.4, -0.2) is 20.0 Å². The minimum absolute atomic E-state index is 0.00270.